The number of hydrogen-bond acceptors (Lipinski definition) is 4. The third-order valence-electron chi connectivity index (χ3n) is 4.38. The van der Waals surface area contributed by atoms with Crippen LogP contribution in [0.1, 0.15) is 84.5 Å². The Morgan fingerprint density at radius 1 is 1.04 bits per heavy atom. The molecule has 0 amide bonds. The standard InChI is InChI=1S/C20H36O4/c1-4-5-6-7-8-9-10-11-12-13-14-17(2)20(23)15-19(22)16-24-18(3)21/h1,17,19-20,22-23H,5-16H2,2-3H3/t17?,19-,20+/m0/s1. The third-order valence-corrected chi connectivity index (χ3v) is 4.38. The van der Waals surface area contributed by atoms with Gasteiger partial charge in [0.15, 0.2) is 0 Å². The van der Waals surface area contributed by atoms with Crippen LogP contribution in [0.25, 0.3) is 0 Å². The molecule has 4 nitrogen and oxygen atoms in total. The number of carbonyl (C=O) groups excluding carboxylic acids is 1. The predicted octanol–water partition coefficient (Wildman–Crippen LogP) is 3.83. The summed E-state index contributed by atoms with van der Waals surface area (Å²) >= 11 is 0. The summed E-state index contributed by atoms with van der Waals surface area (Å²) in [6.45, 7) is 3.28. The van der Waals surface area contributed by atoms with Crippen LogP contribution in [0.5, 0.6) is 0 Å². The van der Waals surface area contributed by atoms with Gasteiger partial charge in [-0.15, -0.1) is 12.3 Å². The molecule has 0 aliphatic carbocycles. The molecule has 0 spiro atoms. The fourth-order valence-electron chi connectivity index (χ4n) is 2.74. The van der Waals surface area contributed by atoms with Gasteiger partial charge in [0.25, 0.3) is 0 Å². The Hall–Kier alpha value is -1.05. The van der Waals surface area contributed by atoms with Gasteiger partial charge in [0.1, 0.15) is 6.61 Å². The molecule has 0 fully saturated rings. The second-order valence-electron chi connectivity index (χ2n) is 6.81. The quantitative estimate of drug-likeness (QED) is 0.270. The molecule has 0 aromatic carbocycles. The second kappa shape index (κ2) is 15.5. The van der Waals surface area contributed by atoms with E-state index in [9.17, 15) is 15.0 Å². The average molecular weight is 341 g/mol. The molecular formula is C20H36O4. The topological polar surface area (TPSA) is 66.8 Å². The molecule has 1 unspecified atom stereocenters. The number of esters is 1. The molecule has 0 aromatic heterocycles. The summed E-state index contributed by atoms with van der Waals surface area (Å²) in [6, 6.07) is 0. The maximum atomic E-state index is 10.7. The van der Waals surface area contributed by atoms with Gasteiger partial charge in [0.05, 0.1) is 12.2 Å². The molecule has 0 rings (SSSR count). The summed E-state index contributed by atoms with van der Waals surface area (Å²) in [5, 5.41) is 19.8. The van der Waals surface area contributed by atoms with E-state index in [0.29, 0.717) is 0 Å². The van der Waals surface area contributed by atoms with E-state index >= 15 is 0 Å². The molecule has 0 heterocycles. The predicted molar refractivity (Wildman–Crippen MR) is 97.4 cm³/mol. The largest absolute Gasteiger partial charge is 0.463 e. The number of aliphatic hydroxyl groups is 2. The fraction of sp³-hybridized carbons (Fsp3) is 0.850. The normalized spacial score (nSPS) is 14.6. The minimum atomic E-state index is -0.791. The molecule has 0 aliphatic heterocycles. The fourth-order valence-corrected chi connectivity index (χ4v) is 2.74. The molecule has 0 saturated heterocycles. The van der Waals surface area contributed by atoms with E-state index in [1.807, 2.05) is 6.92 Å². The number of carbonyl (C=O) groups is 1. The maximum Gasteiger partial charge on any atom is 0.302 e. The molecular weight excluding hydrogens is 304 g/mol. The van der Waals surface area contributed by atoms with Crippen molar-refractivity contribution in [3.05, 3.63) is 0 Å². The van der Waals surface area contributed by atoms with E-state index < -0.39 is 18.2 Å². The van der Waals surface area contributed by atoms with Crippen LogP contribution in [-0.2, 0) is 9.53 Å². The third kappa shape index (κ3) is 14.5. The first-order valence-electron chi connectivity index (χ1n) is 9.40. The van der Waals surface area contributed by atoms with Gasteiger partial charge < -0.3 is 14.9 Å². The SMILES string of the molecule is C#CCCCCCCCCCCC(C)[C@H](O)C[C@H](O)COC(C)=O. The smallest absolute Gasteiger partial charge is 0.302 e. The highest BCUT2D eigenvalue weighted by atomic mass is 16.5. The van der Waals surface area contributed by atoms with Gasteiger partial charge in [-0.2, -0.15) is 0 Å². The molecule has 0 radical (unpaired) electrons. The molecule has 24 heavy (non-hydrogen) atoms. The second-order valence-corrected chi connectivity index (χ2v) is 6.81. The van der Waals surface area contributed by atoms with Gasteiger partial charge in [-0.1, -0.05) is 51.9 Å². The minimum Gasteiger partial charge on any atom is -0.463 e. The van der Waals surface area contributed by atoms with Crippen molar-refractivity contribution in [3.8, 4) is 12.3 Å². The highest BCUT2D eigenvalue weighted by molar-refractivity contribution is 5.65. The zero-order valence-corrected chi connectivity index (χ0v) is 15.5. The van der Waals surface area contributed by atoms with Gasteiger partial charge in [-0.25, -0.2) is 0 Å². The molecule has 0 bridgehead atoms. The van der Waals surface area contributed by atoms with Gasteiger partial charge >= 0.3 is 5.97 Å². The molecule has 0 aliphatic rings. The van der Waals surface area contributed by atoms with Crippen molar-refractivity contribution >= 4 is 5.97 Å². The first-order chi connectivity index (χ1) is 11.5. The lowest BCUT2D eigenvalue weighted by molar-refractivity contribution is -0.144. The van der Waals surface area contributed by atoms with Crippen LogP contribution in [-0.4, -0.2) is 35.0 Å². The van der Waals surface area contributed by atoms with Crippen molar-refractivity contribution in [1.29, 1.82) is 0 Å². The Bertz CT molecular complexity index is 348. The Kier molecular flexibility index (Phi) is 14.8. The van der Waals surface area contributed by atoms with Crippen molar-refractivity contribution < 1.29 is 19.7 Å². The number of rotatable bonds is 15. The highest BCUT2D eigenvalue weighted by Crippen LogP contribution is 2.18. The zero-order chi connectivity index (χ0) is 18.2. The van der Waals surface area contributed by atoms with E-state index in [0.717, 1.165) is 25.7 Å². The van der Waals surface area contributed by atoms with Crippen molar-refractivity contribution in [2.75, 3.05) is 6.61 Å². The average Bonchev–Trinajstić information content (AvgIpc) is 2.54. The van der Waals surface area contributed by atoms with Crippen LogP contribution in [0.3, 0.4) is 0 Å². The summed E-state index contributed by atoms with van der Waals surface area (Å²) in [6.07, 6.45) is 15.8. The van der Waals surface area contributed by atoms with E-state index in [2.05, 4.69) is 5.92 Å². The number of ether oxygens (including phenoxy) is 1. The van der Waals surface area contributed by atoms with Crippen LogP contribution < -0.4 is 0 Å². The summed E-state index contributed by atoms with van der Waals surface area (Å²) in [5.74, 6) is 2.42. The Balaban J connectivity index is 3.52. The Labute approximate surface area is 148 Å². The number of unbranched alkanes of at least 4 members (excludes halogenated alkanes) is 8. The molecule has 3 atom stereocenters. The number of terminal acetylenes is 1. The summed E-state index contributed by atoms with van der Waals surface area (Å²) in [4.78, 5) is 10.7. The van der Waals surface area contributed by atoms with Gasteiger partial charge in [-0.3, -0.25) is 4.79 Å². The summed E-state index contributed by atoms with van der Waals surface area (Å²) in [7, 11) is 0. The number of hydrogen-bond donors (Lipinski definition) is 2. The highest BCUT2D eigenvalue weighted by Gasteiger charge is 2.18. The first kappa shape index (κ1) is 22.9. The van der Waals surface area contributed by atoms with Gasteiger partial charge in [0.2, 0.25) is 0 Å². The molecule has 4 heteroatoms. The molecule has 140 valence electrons. The first-order valence-corrected chi connectivity index (χ1v) is 9.40. The molecule has 0 aromatic rings. The molecule has 0 saturated carbocycles. The molecule has 2 N–H and O–H groups in total. The number of aliphatic hydroxyl groups excluding tert-OH is 2. The van der Waals surface area contributed by atoms with Crippen molar-refractivity contribution in [1.82, 2.24) is 0 Å². The van der Waals surface area contributed by atoms with Gasteiger partial charge in [-0.05, 0) is 18.8 Å². The van der Waals surface area contributed by atoms with Crippen LogP contribution in [0.15, 0.2) is 0 Å². The summed E-state index contributed by atoms with van der Waals surface area (Å²) < 4.78 is 4.74. The lowest BCUT2D eigenvalue weighted by Crippen LogP contribution is -2.27. The monoisotopic (exact) mass is 340 g/mol. The lowest BCUT2D eigenvalue weighted by atomic mass is 9.93. The van der Waals surface area contributed by atoms with Crippen molar-refractivity contribution in [2.45, 2.75) is 96.7 Å². The van der Waals surface area contributed by atoms with E-state index in [1.54, 1.807) is 0 Å². The zero-order valence-electron chi connectivity index (χ0n) is 15.5. The van der Waals surface area contributed by atoms with E-state index in [4.69, 9.17) is 11.2 Å². The maximum absolute atomic E-state index is 10.7. The van der Waals surface area contributed by atoms with Crippen LogP contribution >= 0.6 is 0 Å². The van der Waals surface area contributed by atoms with E-state index in [-0.39, 0.29) is 18.9 Å². The van der Waals surface area contributed by atoms with E-state index in [1.165, 1.54) is 45.4 Å². The van der Waals surface area contributed by atoms with Crippen LogP contribution in [0.4, 0.5) is 0 Å². The van der Waals surface area contributed by atoms with Crippen LogP contribution in [0.2, 0.25) is 0 Å². The Morgan fingerprint density at radius 2 is 1.58 bits per heavy atom. The lowest BCUT2D eigenvalue weighted by Gasteiger charge is -2.21. The van der Waals surface area contributed by atoms with Gasteiger partial charge in [0, 0.05) is 19.8 Å². The van der Waals surface area contributed by atoms with Crippen molar-refractivity contribution in [3.63, 3.8) is 0 Å². The summed E-state index contributed by atoms with van der Waals surface area (Å²) in [5.41, 5.74) is 0. The van der Waals surface area contributed by atoms with Crippen LogP contribution in [0, 0.1) is 18.3 Å². The minimum absolute atomic E-state index is 0.0412. The Morgan fingerprint density at radius 3 is 2.12 bits per heavy atom. The van der Waals surface area contributed by atoms with Crippen molar-refractivity contribution in [2.24, 2.45) is 5.92 Å².